The number of piperidine rings is 1. The highest BCUT2D eigenvalue weighted by Gasteiger charge is 2.23. The van der Waals surface area contributed by atoms with Crippen molar-refractivity contribution in [2.45, 2.75) is 45.2 Å². The first kappa shape index (κ1) is 25.1. The number of carbonyl (C=O) groups excluding carboxylic acids is 1. The number of rotatable bonds is 5. The molecule has 3 N–H and O–H groups in total. The molecule has 0 radical (unpaired) electrons. The maximum atomic E-state index is 11.8. The number of nitrogens with one attached hydrogen (secondary N) is 1. The SMILES string of the molecule is CCOC(=O)N1CCC(NC(N)=NCc2ccc(-c3ccc4c(c3)CCCO4)cc2)CC1.I. The molecule has 0 saturated carbocycles. The van der Waals surface area contributed by atoms with Gasteiger partial charge in [0.15, 0.2) is 5.96 Å². The van der Waals surface area contributed by atoms with Gasteiger partial charge in [-0.05, 0) is 67.0 Å². The van der Waals surface area contributed by atoms with Gasteiger partial charge in [-0.2, -0.15) is 0 Å². The van der Waals surface area contributed by atoms with Gasteiger partial charge in [0.25, 0.3) is 0 Å². The number of ether oxygens (including phenoxy) is 2. The topological polar surface area (TPSA) is 89.2 Å². The molecule has 1 fully saturated rings. The average Bonchev–Trinajstić information content (AvgIpc) is 2.83. The number of halogens is 1. The summed E-state index contributed by atoms with van der Waals surface area (Å²) >= 11 is 0. The smallest absolute Gasteiger partial charge is 0.409 e. The van der Waals surface area contributed by atoms with E-state index in [2.05, 4.69) is 52.8 Å². The highest BCUT2D eigenvalue weighted by atomic mass is 127. The molecule has 1 saturated heterocycles. The first-order valence-electron chi connectivity index (χ1n) is 11.5. The highest BCUT2D eigenvalue weighted by molar-refractivity contribution is 14.0. The molecule has 2 aliphatic heterocycles. The van der Waals surface area contributed by atoms with Crippen molar-refractivity contribution < 1.29 is 14.3 Å². The predicted octanol–water partition coefficient (Wildman–Crippen LogP) is 4.32. The Labute approximate surface area is 212 Å². The van der Waals surface area contributed by atoms with Crippen LogP contribution in [0.5, 0.6) is 5.75 Å². The van der Waals surface area contributed by atoms with E-state index in [0.717, 1.165) is 43.6 Å². The van der Waals surface area contributed by atoms with Gasteiger partial charge in [0.2, 0.25) is 0 Å². The molecule has 0 aromatic heterocycles. The van der Waals surface area contributed by atoms with Crippen LogP contribution >= 0.6 is 24.0 Å². The summed E-state index contributed by atoms with van der Waals surface area (Å²) in [4.78, 5) is 18.0. The van der Waals surface area contributed by atoms with E-state index in [0.29, 0.717) is 32.2 Å². The minimum absolute atomic E-state index is 0. The first-order chi connectivity index (χ1) is 15.6. The van der Waals surface area contributed by atoms with E-state index in [1.807, 2.05) is 6.92 Å². The zero-order chi connectivity index (χ0) is 22.3. The van der Waals surface area contributed by atoms with E-state index < -0.39 is 0 Å². The molecule has 2 heterocycles. The van der Waals surface area contributed by atoms with Crippen molar-refractivity contribution >= 4 is 36.0 Å². The molecular weight excluding hydrogens is 531 g/mol. The van der Waals surface area contributed by atoms with Crippen molar-refractivity contribution in [3.8, 4) is 16.9 Å². The van der Waals surface area contributed by atoms with Crippen LogP contribution in [0.2, 0.25) is 0 Å². The molecule has 0 unspecified atom stereocenters. The zero-order valence-corrected chi connectivity index (χ0v) is 21.4. The molecule has 7 nitrogen and oxygen atoms in total. The number of fused-ring (bicyclic) bond motifs is 1. The summed E-state index contributed by atoms with van der Waals surface area (Å²) in [6.07, 6.45) is 3.57. The average molecular weight is 564 g/mol. The van der Waals surface area contributed by atoms with Crippen molar-refractivity contribution in [2.75, 3.05) is 26.3 Å². The second-order valence-corrected chi connectivity index (χ2v) is 8.28. The van der Waals surface area contributed by atoms with E-state index in [9.17, 15) is 4.79 Å². The fourth-order valence-electron chi connectivity index (χ4n) is 4.19. The maximum Gasteiger partial charge on any atom is 0.409 e. The van der Waals surface area contributed by atoms with Gasteiger partial charge in [-0.3, -0.25) is 0 Å². The first-order valence-corrected chi connectivity index (χ1v) is 11.5. The van der Waals surface area contributed by atoms with Gasteiger partial charge in [-0.15, -0.1) is 24.0 Å². The Kier molecular flexibility index (Phi) is 9.22. The monoisotopic (exact) mass is 564 g/mol. The third kappa shape index (κ3) is 6.75. The van der Waals surface area contributed by atoms with Gasteiger partial charge in [0, 0.05) is 19.1 Å². The van der Waals surface area contributed by atoms with Crippen LogP contribution in [0.15, 0.2) is 47.5 Å². The zero-order valence-electron chi connectivity index (χ0n) is 19.1. The summed E-state index contributed by atoms with van der Waals surface area (Å²) in [7, 11) is 0. The number of likely N-dealkylation sites (tertiary alicyclic amines) is 1. The second kappa shape index (κ2) is 12.1. The van der Waals surface area contributed by atoms with E-state index in [1.165, 1.54) is 16.7 Å². The largest absolute Gasteiger partial charge is 0.493 e. The van der Waals surface area contributed by atoms with Crippen LogP contribution < -0.4 is 15.8 Å². The molecule has 2 aliphatic rings. The van der Waals surface area contributed by atoms with Crippen molar-refractivity contribution in [2.24, 2.45) is 10.7 Å². The summed E-state index contributed by atoms with van der Waals surface area (Å²) in [6, 6.07) is 15.1. The van der Waals surface area contributed by atoms with E-state index >= 15 is 0 Å². The molecule has 178 valence electrons. The van der Waals surface area contributed by atoms with Crippen molar-refractivity contribution in [1.82, 2.24) is 10.2 Å². The van der Waals surface area contributed by atoms with Crippen molar-refractivity contribution in [3.05, 3.63) is 53.6 Å². The Morgan fingerprint density at radius 1 is 1.18 bits per heavy atom. The Hall–Kier alpha value is -2.49. The van der Waals surface area contributed by atoms with Crippen LogP contribution in [0, 0.1) is 0 Å². The number of guanidine groups is 1. The summed E-state index contributed by atoms with van der Waals surface area (Å²) < 4.78 is 10.8. The lowest BCUT2D eigenvalue weighted by Gasteiger charge is -2.31. The normalized spacial score (nSPS) is 16.3. The summed E-state index contributed by atoms with van der Waals surface area (Å²) in [5, 5.41) is 3.28. The lowest BCUT2D eigenvalue weighted by atomic mass is 9.98. The van der Waals surface area contributed by atoms with Crippen LogP contribution in [-0.4, -0.2) is 49.3 Å². The van der Waals surface area contributed by atoms with Gasteiger partial charge in [0.05, 0.1) is 19.8 Å². The molecule has 0 spiro atoms. The highest BCUT2D eigenvalue weighted by Crippen LogP contribution is 2.30. The molecule has 2 aromatic carbocycles. The minimum atomic E-state index is -0.236. The quantitative estimate of drug-likeness (QED) is 0.321. The van der Waals surface area contributed by atoms with Crippen LogP contribution in [0.1, 0.15) is 37.3 Å². The lowest BCUT2D eigenvalue weighted by molar-refractivity contribution is 0.0963. The minimum Gasteiger partial charge on any atom is -0.493 e. The molecule has 2 aromatic rings. The van der Waals surface area contributed by atoms with Crippen LogP contribution in [0.25, 0.3) is 11.1 Å². The number of aliphatic imine (C=N–C) groups is 1. The van der Waals surface area contributed by atoms with E-state index in [4.69, 9.17) is 15.2 Å². The number of carbonyl (C=O) groups is 1. The van der Waals surface area contributed by atoms with Gasteiger partial charge in [-0.1, -0.05) is 30.3 Å². The Bertz CT molecular complexity index is 957. The fourth-order valence-corrected chi connectivity index (χ4v) is 4.19. The van der Waals surface area contributed by atoms with Gasteiger partial charge < -0.3 is 25.4 Å². The summed E-state index contributed by atoms with van der Waals surface area (Å²) in [6.45, 7) is 4.89. The molecular formula is C25H33IN4O3. The number of amides is 1. The fraction of sp³-hybridized carbons (Fsp3) is 0.440. The number of nitrogens with zero attached hydrogens (tertiary/aromatic N) is 2. The van der Waals surface area contributed by atoms with Crippen molar-refractivity contribution in [3.63, 3.8) is 0 Å². The van der Waals surface area contributed by atoms with Gasteiger partial charge in [0.1, 0.15) is 5.75 Å². The van der Waals surface area contributed by atoms with E-state index in [-0.39, 0.29) is 36.1 Å². The molecule has 0 aliphatic carbocycles. The maximum absolute atomic E-state index is 11.8. The van der Waals surface area contributed by atoms with E-state index in [1.54, 1.807) is 4.90 Å². The predicted molar refractivity (Wildman–Crippen MR) is 141 cm³/mol. The molecule has 4 rings (SSSR count). The standard InChI is InChI=1S/C25H32N4O3.HI/c1-2-31-25(30)29-13-11-22(12-14-29)28-24(26)27-17-18-5-7-19(8-6-18)20-9-10-23-21(16-20)4-3-15-32-23;/h5-10,16,22H,2-4,11-15,17H2,1H3,(H3,26,27,28);1H. The molecule has 0 atom stereocenters. The number of hydrogen-bond donors (Lipinski definition) is 2. The second-order valence-electron chi connectivity index (χ2n) is 8.28. The Balaban J connectivity index is 0.00000306. The van der Waals surface area contributed by atoms with Gasteiger partial charge >= 0.3 is 6.09 Å². The molecule has 33 heavy (non-hydrogen) atoms. The summed E-state index contributed by atoms with van der Waals surface area (Å²) in [5.41, 5.74) is 10.9. The van der Waals surface area contributed by atoms with Crippen LogP contribution in [-0.2, 0) is 17.7 Å². The van der Waals surface area contributed by atoms with Crippen molar-refractivity contribution in [1.29, 1.82) is 0 Å². The molecule has 0 bridgehead atoms. The lowest BCUT2D eigenvalue weighted by Crippen LogP contribution is -2.48. The van der Waals surface area contributed by atoms with Crippen LogP contribution in [0.4, 0.5) is 4.79 Å². The number of benzene rings is 2. The number of nitrogens with two attached hydrogens (primary N) is 1. The third-order valence-electron chi connectivity index (χ3n) is 6.00. The Morgan fingerprint density at radius 3 is 2.64 bits per heavy atom. The molecule has 8 heteroatoms. The molecule has 1 amide bonds. The number of hydrogen-bond acceptors (Lipinski definition) is 4. The Morgan fingerprint density at radius 2 is 1.91 bits per heavy atom. The van der Waals surface area contributed by atoms with Gasteiger partial charge in [-0.25, -0.2) is 9.79 Å². The van der Waals surface area contributed by atoms with Crippen LogP contribution in [0.3, 0.4) is 0 Å². The number of aryl methyl sites for hydroxylation is 1. The third-order valence-corrected chi connectivity index (χ3v) is 6.00. The summed E-state index contributed by atoms with van der Waals surface area (Å²) in [5.74, 6) is 1.46.